The predicted octanol–water partition coefficient (Wildman–Crippen LogP) is -0.00640. The number of rotatable bonds is 2. The monoisotopic (exact) mass is 314 g/mol. The Morgan fingerprint density at radius 2 is 1.44 bits per heavy atom. The lowest BCUT2D eigenvalue weighted by Gasteiger charge is -1.85. The summed E-state index contributed by atoms with van der Waals surface area (Å²) in [5, 5.41) is -0.369. The van der Waals surface area contributed by atoms with E-state index in [1.54, 1.807) is 0 Å². The molecule has 2 rings (SSSR count). The fourth-order valence-corrected chi connectivity index (χ4v) is 1.79. The van der Waals surface area contributed by atoms with Crippen molar-refractivity contribution in [2.24, 2.45) is 0 Å². The summed E-state index contributed by atoms with van der Waals surface area (Å²) in [6.45, 7) is 0. The molecule has 0 aliphatic rings. The molecular weight excluding hydrogens is 308 g/mol. The third-order valence-corrected chi connectivity index (χ3v) is 3.51. The number of hydrogen-bond acceptors (Lipinski definition) is 6. The van der Waals surface area contributed by atoms with E-state index in [1.165, 1.54) is 12.7 Å². The first-order chi connectivity index (χ1) is 8.21. The van der Waals surface area contributed by atoms with E-state index in [1.807, 2.05) is 0 Å². The van der Waals surface area contributed by atoms with Crippen LogP contribution < -0.4 is 0 Å². The maximum atomic E-state index is 10.4. The van der Waals surface area contributed by atoms with Crippen LogP contribution >= 0.6 is 10.7 Å². The van der Waals surface area contributed by atoms with Crippen LogP contribution in [0.5, 0.6) is 0 Å². The van der Waals surface area contributed by atoms with Gasteiger partial charge in [-0.05, 0) is 0 Å². The molecular formula is C6H7ClN4O5S2. The molecule has 2 aromatic rings. The number of aromatic nitrogens is 4. The fourth-order valence-electron chi connectivity index (χ4n) is 0.761. The molecule has 0 spiro atoms. The average molecular weight is 315 g/mol. The highest BCUT2D eigenvalue weighted by atomic mass is 35.7. The molecule has 18 heavy (non-hydrogen) atoms. The van der Waals surface area contributed by atoms with Gasteiger partial charge in [0.25, 0.3) is 9.05 Å². The topological polar surface area (TPSA) is 146 Å². The summed E-state index contributed by atoms with van der Waals surface area (Å²) in [6.07, 6.45) is 4.58. The molecule has 0 aliphatic carbocycles. The highest BCUT2D eigenvalue weighted by molar-refractivity contribution is 8.13. The van der Waals surface area contributed by atoms with Gasteiger partial charge in [-0.2, -0.15) is 8.42 Å². The van der Waals surface area contributed by atoms with Gasteiger partial charge in [-0.25, -0.2) is 18.4 Å². The van der Waals surface area contributed by atoms with Crippen molar-refractivity contribution >= 4 is 29.9 Å². The van der Waals surface area contributed by atoms with Gasteiger partial charge < -0.3 is 9.97 Å². The molecule has 2 heterocycles. The molecule has 12 heteroatoms. The first-order valence-electron chi connectivity index (χ1n) is 4.10. The number of halogens is 1. The Bertz CT molecular complexity index is 614. The van der Waals surface area contributed by atoms with Gasteiger partial charge in [0.2, 0.25) is 0 Å². The molecule has 0 aliphatic heterocycles. The molecule has 0 radical (unpaired) electrons. The highest BCUT2D eigenvalue weighted by Gasteiger charge is 2.09. The minimum atomic E-state index is -4.08. The number of imidazole rings is 2. The number of hydrogen-bond donors (Lipinski definition) is 3. The van der Waals surface area contributed by atoms with Gasteiger partial charge in [0.1, 0.15) is 0 Å². The summed E-state index contributed by atoms with van der Waals surface area (Å²) in [6, 6.07) is 0. The van der Waals surface area contributed by atoms with Gasteiger partial charge >= 0.3 is 10.1 Å². The normalized spacial score (nSPS) is 11.7. The second kappa shape index (κ2) is 5.48. The van der Waals surface area contributed by atoms with Crippen LogP contribution in [0.3, 0.4) is 0 Å². The van der Waals surface area contributed by atoms with E-state index in [0.29, 0.717) is 0 Å². The SMILES string of the molecule is O=S(=O)(Cl)c1cnc[nH]1.O=S(=O)(O)c1cnc[nH]1. The number of aromatic amines is 2. The van der Waals surface area contributed by atoms with Crippen molar-refractivity contribution in [2.75, 3.05) is 0 Å². The third kappa shape index (κ3) is 4.44. The lowest BCUT2D eigenvalue weighted by molar-refractivity contribution is 0.480. The fraction of sp³-hybridized carbons (Fsp3) is 0. The first kappa shape index (κ1) is 14.6. The Kier molecular flexibility index (Phi) is 4.45. The van der Waals surface area contributed by atoms with E-state index in [0.717, 1.165) is 12.4 Å². The highest BCUT2D eigenvalue weighted by Crippen LogP contribution is 2.08. The van der Waals surface area contributed by atoms with Crippen LogP contribution in [0.1, 0.15) is 0 Å². The second-order valence-electron chi connectivity index (χ2n) is 2.74. The van der Waals surface area contributed by atoms with E-state index in [2.05, 4.69) is 19.9 Å². The van der Waals surface area contributed by atoms with Crippen LogP contribution in [0.4, 0.5) is 0 Å². The van der Waals surface area contributed by atoms with Crippen molar-refractivity contribution in [1.29, 1.82) is 0 Å². The molecule has 0 aromatic carbocycles. The molecule has 9 nitrogen and oxygen atoms in total. The summed E-state index contributed by atoms with van der Waals surface area (Å²) in [7, 11) is -2.78. The molecule has 0 saturated heterocycles. The summed E-state index contributed by atoms with van der Waals surface area (Å²) in [4.78, 5) is 11.4. The van der Waals surface area contributed by atoms with Crippen molar-refractivity contribution in [3.05, 3.63) is 25.0 Å². The number of nitrogens with one attached hydrogen (secondary N) is 2. The standard InChI is InChI=1S/C3H3ClN2O2S.C3H4N2O3S/c4-9(7,8)3-1-5-2-6-3;6-9(7,8)3-1-4-2-5-3/h1-2H,(H,5,6);1-2H,(H,4,5)(H,6,7,8). The van der Waals surface area contributed by atoms with Crippen LogP contribution in [0.15, 0.2) is 35.1 Å². The van der Waals surface area contributed by atoms with Crippen LogP contribution in [-0.2, 0) is 19.2 Å². The van der Waals surface area contributed by atoms with Crippen molar-refractivity contribution in [1.82, 2.24) is 19.9 Å². The van der Waals surface area contributed by atoms with E-state index in [-0.39, 0.29) is 10.1 Å². The van der Waals surface area contributed by atoms with Gasteiger partial charge in [-0.3, -0.25) is 4.55 Å². The van der Waals surface area contributed by atoms with E-state index in [9.17, 15) is 16.8 Å². The Hall–Kier alpha value is -1.43. The zero-order chi connectivity index (χ0) is 13.8. The second-order valence-corrected chi connectivity index (χ2v) is 6.67. The molecule has 0 saturated carbocycles. The molecule has 0 bridgehead atoms. The quantitative estimate of drug-likeness (QED) is 0.522. The van der Waals surface area contributed by atoms with Gasteiger partial charge in [0, 0.05) is 10.7 Å². The molecule has 2 aromatic heterocycles. The molecule has 0 amide bonds. The average Bonchev–Trinajstić information content (AvgIpc) is 2.91. The summed E-state index contributed by atoms with van der Waals surface area (Å²) in [5.41, 5.74) is 0. The van der Waals surface area contributed by atoms with Crippen LogP contribution in [0.2, 0.25) is 0 Å². The molecule has 100 valence electrons. The Morgan fingerprint density at radius 3 is 1.61 bits per heavy atom. The number of H-pyrrole nitrogens is 2. The summed E-state index contributed by atoms with van der Waals surface area (Å²) < 4.78 is 49.4. The minimum Gasteiger partial charge on any atom is -0.335 e. The van der Waals surface area contributed by atoms with E-state index >= 15 is 0 Å². The molecule has 0 atom stereocenters. The zero-order valence-corrected chi connectivity index (χ0v) is 10.9. The Morgan fingerprint density at radius 1 is 1.00 bits per heavy atom. The lowest BCUT2D eigenvalue weighted by atomic mass is 11.0. The maximum absolute atomic E-state index is 10.4. The predicted molar refractivity (Wildman–Crippen MR) is 60.0 cm³/mol. The molecule has 3 N–H and O–H groups in total. The van der Waals surface area contributed by atoms with E-state index < -0.39 is 19.2 Å². The van der Waals surface area contributed by atoms with E-state index in [4.69, 9.17) is 15.2 Å². The third-order valence-electron chi connectivity index (χ3n) is 1.49. The number of nitrogens with zero attached hydrogens (tertiary/aromatic N) is 2. The maximum Gasteiger partial charge on any atom is 0.311 e. The van der Waals surface area contributed by atoms with Crippen LogP contribution in [0.25, 0.3) is 0 Å². The van der Waals surface area contributed by atoms with Gasteiger partial charge in [-0.15, -0.1) is 0 Å². The lowest BCUT2D eigenvalue weighted by Crippen LogP contribution is -1.96. The van der Waals surface area contributed by atoms with Gasteiger partial charge in [-0.1, -0.05) is 0 Å². The van der Waals surface area contributed by atoms with Gasteiger partial charge in [0.05, 0.1) is 25.0 Å². The first-order valence-corrected chi connectivity index (χ1v) is 7.85. The summed E-state index contributed by atoms with van der Waals surface area (Å²) >= 11 is 0. The summed E-state index contributed by atoms with van der Waals surface area (Å²) in [5.74, 6) is 0. The van der Waals surface area contributed by atoms with Crippen molar-refractivity contribution in [3.8, 4) is 0 Å². The van der Waals surface area contributed by atoms with Crippen LogP contribution in [-0.4, -0.2) is 41.3 Å². The van der Waals surface area contributed by atoms with Crippen molar-refractivity contribution < 1.29 is 21.4 Å². The van der Waals surface area contributed by atoms with Crippen molar-refractivity contribution in [3.63, 3.8) is 0 Å². The Balaban J connectivity index is 0.000000180. The molecule has 0 fully saturated rings. The smallest absolute Gasteiger partial charge is 0.311 e. The van der Waals surface area contributed by atoms with Crippen molar-refractivity contribution in [2.45, 2.75) is 10.1 Å². The Labute approximate surface area is 106 Å². The van der Waals surface area contributed by atoms with Gasteiger partial charge in [0.15, 0.2) is 10.1 Å². The van der Waals surface area contributed by atoms with Crippen LogP contribution in [0, 0.1) is 0 Å². The molecule has 0 unspecified atom stereocenters. The minimum absolute atomic E-state index is 0.0795. The largest absolute Gasteiger partial charge is 0.335 e. The zero-order valence-electron chi connectivity index (χ0n) is 8.48.